The molecule has 2 N–H and O–H groups in total. The van der Waals surface area contributed by atoms with Gasteiger partial charge in [-0.25, -0.2) is 9.78 Å². The molecule has 0 saturated carbocycles. The van der Waals surface area contributed by atoms with Crippen molar-refractivity contribution in [2.45, 2.75) is 26.4 Å². The molecule has 7 nitrogen and oxygen atoms in total. The number of pyridine rings is 1. The minimum absolute atomic E-state index is 0.235. The second kappa shape index (κ2) is 7.50. The summed E-state index contributed by atoms with van der Waals surface area (Å²) < 4.78 is 11.0. The van der Waals surface area contributed by atoms with Gasteiger partial charge in [-0.15, -0.1) is 0 Å². The van der Waals surface area contributed by atoms with Crippen LogP contribution in [0, 0.1) is 0 Å². The Kier molecular flexibility index (Phi) is 5.65. The first-order valence-corrected chi connectivity index (χ1v) is 7.88. The largest absolute Gasteiger partial charge is 0.491 e. The summed E-state index contributed by atoms with van der Waals surface area (Å²) in [5, 5.41) is 0. The van der Waals surface area contributed by atoms with Crippen molar-refractivity contribution in [3.05, 3.63) is 18.3 Å². The quantitative estimate of drug-likeness (QED) is 0.907. The molecule has 1 amide bonds. The zero-order valence-electron chi connectivity index (χ0n) is 14.1. The molecule has 1 aliphatic rings. The van der Waals surface area contributed by atoms with Crippen LogP contribution in [0.25, 0.3) is 0 Å². The van der Waals surface area contributed by atoms with Gasteiger partial charge in [0.2, 0.25) is 0 Å². The van der Waals surface area contributed by atoms with Crippen molar-refractivity contribution in [3.63, 3.8) is 0 Å². The highest BCUT2D eigenvalue weighted by molar-refractivity contribution is 5.68. The number of ether oxygens (including phenoxy) is 2. The molecule has 0 aromatic carbocycles. The van der Waals surface area contributed by atoms with E-state index < -0.39 is 5.60 Å². The van der Waals surface area contributed by atoms with Crippen LogP contribution in [-0.2, 0) is 4.74 Å². The van der Waals surface area contributed by atoms with Crippen molar-refractivity contribution in [3.8, 4) is 5.75 Å². The molecule has 0 spiro atoms. The van der Waals surface area contributed by atoms with Crippen molar-refractivity contribution in [2.75, 3.05) is 45.1 Å². The van der Waals surface area contributed by atoms with Gasteiger partial charge in [-0.05, 0) is 32.9 Å². The number of hydrogen-bond donors (Lipinski definition) is 1. The molecule has 0 radical (unpaired) electrons. The first-order valence-electron chi connectivity index (χ1n) is 7.88. The monoisotopic (exact) mass is 322 g/mol. The zero-order valence-corrected chi connectivity index (χ0v) is 14.1. The fourth-order valence-corrected chi connectivity index (χ4v) is 2.25. The Balaban J connectivity index is 1.66. The zero-order chi connectivity index (χ0) is 16.9. The third-order valence-electron chi connectivity index (χ3n) is 3.46. The third kappa shape index (κ3) is 5.94. The number of piperazine rings is 1. The van der Waals surface area contributed by atoms with Crippen molar-refractivity contribution in [2.24, 2.45) is 0 Å². The summed E-state index contributed by atoms with van der Waals surface area (Å²) in [6.07, 6.45) is 1.39. The fraction of sp³-hybridized carbons (Fsp3) is 0.625. The van der Waals surface area contributed by atoms with Gasteiger partial charge < -0.3 is 20.1 Å². The van der Waals surface area contributed by atoms with Crippen molar-refractivity contribution < 1.29 is 14.3 Å². The van der Waals surface area contributed by atoms with Crippen molar-refractivity contribution in [1.29, 1.82) is 0 Å². The molecule has 2 rings (SSSR count). The molecule has 0 aliphatic carbocycles. The van der Waals surface area contributed by atoms with Crippen LogP contribution in [0.4, 0.5) is 10.6 Å². The molecule has 1 fully saturated rings. The predicted molar refractivity (Wildman–Crippen MR) is 88.4 cm³/mol. The second-order valence-corrected chi connectivity index (χ2v) is 6.58. The van der Waals surface area contributed by atoms with E-state index in [0.717, 1.165) is 19.6 Å². The highest BCUT2D eigenvalue weighted by Crippen LogP contribution is 2.12. The van der Waals surface area contributed by atoms with Gasteiger partial charge in [0.15, 0.2) is 0 Å². The Labute approximate surface area is 137 Å². The molecule has 23 heavy (non-hydrogen) atoms. The smallest absolute Gasteiger partial charge is 0.410 e. The molecule has 1 aromatic rings. The number of nitrogens with two attached hydrogens (primary N) is 1. The Hall–Kier alpha value is -2.02. The van der Waals surface area contributed by atoms with E-state index in [9.17, 15) is 4.79 Å². The minimum atomic E-state index is -0.449. The average molecular weight is 322 g/mol. The van der Waals surface area contributed by atoms with Gasteiger partial charge in [-0.2, -0.15) is 0 Å². The molecular formula is C16H26N4O3. The van der Waals surface area contributed by atoms with Crippen LogP contribution in [0.15, 0.2) is 18.3 Å². The molecule has 7 heteroatoms. The molecule has 1 aliphatic heterocycles. The number of anilines is 1. The Bertz CT molecular complexity index is 505. The number of nitrogens with zero attached hydrogens (tertiary/aromatic N) is 3. The number of rotatable bonds is 4. The Morgan fingerprint density at radius 3 is 2.52 bits per heavy atom. The maximum Gasteiger partial charge on any atom is 0.410 e. The van der Waals surface area contributed by atoms with Gasteiger partial charge in [0.05, 0.1) is 6.20 Å². The summed E-state index contributed by atoms with van der Waals surface area (Å²) in [6.45, 7) is 10.0. The maximum atomic E-state index is 12.0. The van der Waals surface area contributed by atoms with E-state index in [1.807, 2.05) is 26.8 Å². The van der Waals surface area contributed by atoms with Crippen LogP contribution in [0.2, 0.25) is 0 Å². The van der Waals surface area contributed by atoms with E-state index in [0.29, 0.717) is 31.3 Å². The highest BCUT2D eigenvalue weighted by Gasteiger charge is 2.25. The lowest BCUT2D eigenvalue weighted by Crippen LogP contribution is -2.50. The fourth-order valence-electron chi connectivity index (χ4n) is 2.25. The van der Waals surface area contributed by atoms with Crippen LogP contribution in [-0.4, -0.2) is 65.8 Å². The lowest BCUT2D eigenvalue weighted by Gasteiger charge is -2.35. The summed E-state index contributed by atoms with van der Waals surface area (Å²) in [4.78, 5) is 20.0. The van der Waals surface area contributed by atoms with Crippen LogP contribution < -0.4 is 10.5 Å². The minimum Gasteiger partial charge on any atom is -0.491 e. The number of hydrogen-bond acceptors (Lipinski definition) is 6. The summed E-state index contributed by atoms with van der Waals surface area (Å²) >= 11 is 0. The number of aromatic nitrogens is 1. The first kappa shape index (κ1) is 17.3. The van der Waals surface area contributed by atoms with Crippen molar-refractivity contribution in [1.82, 2.24) is 14.8 Å². The first-order chi connectivity index (χ1) is 10.8. The van der Waals surface area contributed by atoms with Gasteiger partial charge in [-0.3, -0.25) is 4.90 Å². The molecule has 0 unspecified atom stereocenters. The molecule has 1 saturated heterocycles. The molecule has 0 bridgehead atoms. The van der Waals surface area contributed by atoms with E-state index >= 15 is 0 Å². The summed E-state index contributed by atoms with van der Waals surface area (Å²) in [7, 11) is 0. The molecule has 1 aromatic heterocycles. The van der Waals surface area contributed by atoms with Crippen LogP contribution in [0.1, 0.15) is 20.8 Å². The van der Waals surface area contributed by atoms with Gasteiger partial charge in [0.25, 0.3) is 0 Å². The number of nitrogen functional groups attached to an aromatic ring is 1. The van der Waals surface area contributed by atoms with Gasteiger partial charge in [0.1, 0.15) is 23.8 Å². The van der Waals surface area contributed by atoms with E-state index in [2.05, 4.69) is 9.88 Å². The summed E-state index contributed by atoms with van der Waals surface area (Å²) in [5.74, 6) is 1.20. The van der Waals surface area contributed by atoms with E-state index in [1.165, 1.54) is 0 Å². The summed E-state index contributed by atoms with van der Waals surface area (Å²) in [6, 6.07) is 3.53. The number of carbonyl (C=O) groups excluding carboxylic acids is 1. The Morgan fingerprint density at radius 1 is 1.26 bits per heavy atom. The summed E-state index contributed by atoms with van der Waals surface area (Å²) in [5.41, 5.74) is 5.08. The molecular weight excluding hydrogens is 296 g/mol. The normalized spacial score (nSPS) is 16.2. The molecule has 128 valence electrons. The third-order valence-corrected chi connectivity index (χ3v) is 3.46. The van der Waals surface area contributed by atoms with Crippen LogP contribution in [0.5, 0.6) is 5.75 Å². The van der Waals surface area contributed by atoms with Gasteiger partial charge in [-0.1, -0.05) is 0 Å². The van der Waals surface area contributed by atoms with Crippen LogP contribution in [0.3, 0.4) is 0 Å². The second-order valence-electron chi connectivity index (χ2n) is 6.58. The lowest BCUT2D eigenvalue weighted by molar-refractivity contribution is 0.0137. The predicted octanol–water partition coefficient (Wildman–Crippen LogP) is 1.60. The molecule has 0 atom stereocenters. The number of carbonyl (C=O) groups is 1. The highest BCUT2D eigenvalue weighted by atomic mass is 16.6. The SMILES string of the molecule is CC(C)(C)OC(=O)N1CCN(CCOc2ccc(N)nc2)CC1. The maximum absolute atomic E-state index is 12.0. The Morgan fingerprint density at radius 2 is 1.96 bits per heavy atom. The van der Waals surface area contributed by atoms with Gasteiger partial charge in [0, 0.05) is 32.7 Å². The van der Waals surface area contributed by atoms with E-state index in [4.69, 9.17) is 15.2 Å². The van der Waals surface area contributed by atoms with Crippen LogP contribution >= 0.6 is 0 Å². The molecule has 2 heterocycles. The topological polar surface area (TPSA) is 80.9 Å². The number of amides is 1. The lowest BCUT2D eigenvalue weighted by atomic mass is 10.2. The van der Waals surface area contributed by atoms with E-state index in [1.54, 1.807) is 17.2 Å². The standard InChI is InChI=1S/C16H26N4O3/c1-16(2,3)23-15(21)20-8-6-19(7-9-20)10-11-22-13-4-5-14(17)18-12-13/h4-5,12H,6-11H2,1-3H3,(H2,17,18). The van der Waals surface area contributed by atoms with Gasteiger partial charge >= 0.3 is 6.09 Å². The van der Waals surface area contributed by atoms with E-state index in [-0.39, 0.29) is 6.09 Å². The average Bonchev–Trinajstić information content (AvgIpc) is 2.48. The van der Waals surface area contributed by atoms with Crippen molar-refractivity contribution >= 4 is 11.9 Å².